The number of methoxy groups -OCH3 is 1. The Bertz CT molecular complexity index is 272. The van der Waals surface area contributed by atoms with Crippen LogP contribution in [0.4, 0.5) is 0 Å². The first-order valence-electron chi connectivity index (χ1n) is 4.87. The maximum Gasteiger partial charge on any atom is 0.0558 e. The van der Waals surface area contributed by atoms with E-state index in [-0.39, 0.29) is 12.1 Å². The normalized spacial score (nSPS) is 15.4. The lowest BCUT2D eigenvalue weighted by Gasteiger charge is -2.14. The van der Waals surface area contributed by atoms with Crippen molar-refractivity contribution in [3.05, 3.63) is 18.0 Å². The Morgan fingerprint density at radius 1 is 1.64 bits per heavy atom. The van der Waals surface area contributed by atoms with Crippen LogP contribution in [0.2, 0.25) is 0 Å². The maximum atomic E-state index is 5.97. The molecule has 0 aliphatic carbocycles. The first kappa shape index (κ1) is 11.2. The van der Waals surface area contributed by atoms with Gasteiger partial charge in [-0.25, -0.2) is 0 Å². The van der Waals surface area contributed by atoms with Crippen LogP contribution in [0.1, 0.15) is 18.9 Å². The molecule has 80 valence electrons. The van der Waals surface area contributed by atoms with Crippen molar-refractivity contribution in [2.45, 2.75) is 31.9 Å². The van der Waals surface area contributed by atoms with E-state index in [1.54, 1.807) is 11.8 Å². The molecule has 1 heterocycles. The summed E-state index contributed by atoms with van der Waals surface area (Å²) in [5.74, 6) is 0. The fraction of sp³-hybridized carbons (Fsp3) is 0.700. The van der Waals surface area contributed by atoms with Gasteiger partial charge < -0.3 is 10.5 Å². The minimum atomic E-state index is 0.147. The monoisotopic (exact) mass is 197 g/mol. The Morgan fingerprint density at radius 3 is 2.86 bits per heavy atom. The van der Waals surface area contributed by atoms with Crippen molar-refractivity contribution in [1.82, 2.24) is 9.78 Å². The molecule has 0 amide bonds. The zero-order chi connectivity index (χ0) is 10.6. The molecule has 0 aromatic carbocycles. The summed E-state index contributed by atoms with van der Waals surface area (Å²) in [6, 6.07) is 0.147. The first-order chi connectivity index (χ1) is 6.61. The third kappa shape index (κ3) is 3.47. The predicted octanol–water partition coefficient (Wildman–Crippen LogP) is 0.715. The zero-order valence-corrected chi connectivity index (χ0v) is 9.10. The summed E-state index contributed by atoms with van der Waals surface area (Å²) in [6.45, 7) is 2.03. The Hall–Kier alpha value is -0.870. The van der Waals surface area contributed by atoms with Gasteiger partial charge in [-0.1, -0.05) is 0 Å². The topological polar surface area (TPSA) is 53.1 Å². The van der Waals surface area contributed by atoms with Crippen molar-refractivity contribution in [3.63, 3.8) is 0 Å². The van der Waals surface area contributed by atoms with Gasteiger partial charge in [-0.3, -0.25) is 4.68 Å². The smallest absolute Gasteiger partial charge is 0.0558 e. The largest absolute Gasteiger partial charge is 0.382 e. The molecule has 4 nitrogen and oxygen atoms in total. The molecule has 14 heavy (non-hydrogen) atoms. The van der Waals surface area contributed by atoms with Gasteiger partial charge in [0.15, 0.2) is 0 Å². The van der Waals surface area contributed by atoms with Crippen molar-refractivity contribution < 1.29 is 4.74 Å². The van der Waals surface area contributed by atoms with E-state index < -0.39 is 0 Å². The van der Waals surface area contributed by atoms with Crippen molar-refractivity contribution in [3.8, 4) is 0 Å². The van der Waals surface area contributed by atoms with Gasteiger partial charge in [0.2, 0.25) is 0 Å². The Kier molecular flexibility index (Phi) is 4.10. The van der Waals surface area contributed by atoms with Crippen LogP contribution < -0.4 is 5.73 Å². The summed E-state index contributed by atoms with van der Waals surface area (Å²) < 4.78 is 6.96. The molecule has 1 rings (SSSR count). The van der Waals surface area contributed by atoms with Gasteiger partial charge in [-0.15, -0.1) is 0 Å². The van der Waals surface area contributed by atoms with E-state index in [1.807, 2.05) is 26.4 Å². The van der Waals surface area contributed by atoms with Gasteiger partial charge >= 0.3 is 0 Å². The van der Waals surface area contributed by atoms with Gasteiger partial charge in [-0.05, 0) is 25.3 Å². The summed E-state index contributed by atoms with van der Waals surface area (Å²) in [7, 11) is 3.62. The second-order valence-corrected chi connectivity index (χ2v) is 3.77. The van der Waals surface area contributed by atoms with Crippen LogP contribution in [0, 0.1) is 0 Å². The molecule has 0 spiro atoms. The molecule has 0 fully saturated rings. The highest BCUT2D eigenvalue weighted by atomic mass is 16.5. The average Bonchev–Trinajstić information content (AvgIpc) is 2.50. The van der Waals surface area contributed by atoms with E-state index in [0.29, 0.717) is 0 Å². The summed E-state index contributed by atoms with van der Waals surface area (Å²) in [6.07, 6.45) is 5.82. The fourth-order valence-corrected chi connectivity index (χ4v) is 1.49. The summed E-state index contributed by atoms with van der Waals surface area (Å²) in [4.78, 5) is 0. The third-order valence-corrected chi connectivity index (χ3v) is 2.29. The molecule has 2 unspecified atom stereocenters. The van der Waals surface area contributed by atoms with E-state index in [0.717, 1.165) is 12.8 Å². The van der Waals surface area contributed by atoms with Crippen LogP contribution in [0.3, 0.4) is 0 Å². The molecule has 0 bridgehead atoms. The van der Waals surface area contributed by atoms with Crippen LogP contribution >= 0.6 is 0 Å². The van der Waals surface area contributed by atoms with E-state index in [2.05, 4.69) is 5.10 Å². The van der Waals surface area contributed by atoms with E-state index in [1.165, 1.54) is 5.56 Å². The molecule has 0 radical (unpaired) electrons. The highest BCUT2D eigenvalue weighted by Gasteiger charge is 2.09. The molecule has 2 N–H and O–H groups in total. The van der Waals surface area contributed by atoms with Crippen LogP contribution in [0.25, 0.3) is 0 Å². The molecule has 4 heteroatoms. The van der Waals surface area contributed by atoms with Crippen LogP contribution in [-0.2, 0) is 18.2 Å². The SMILES string of the molecule is COC(C)CC(N)Cc1cnn(C)c1. The number of hydrogen-bond donors (Lipinski definition) is 1. The predicted molar refractivity (Wildman–Crippen MR) is 56.0 cm³/mol. The maximum absolute atomic E-state index is 5.97. The Labute approximate surface area is 85.0 Å². The number of nitrogens with zero attached hydrogens (tertiary/aromatic N) is 2. The Balaban J connectivity index is 2.37. The first-order valence-corrected chi connectivity index (χ1v) is 4.87. The highest BCUT2D eigenvalue weighted by Crippen LogP contribution is 2.06. The standard InChI is InChI=1S/C10H19N3O/c1-8(14-3)4-10(11)5-9-6-12-13(2)7-9/h6-8,10H,4-5,11H2,1-3H3. The number of rotatable bonds is 5. The molecule has 0 saturated heterocycles. The number of nitrogens with two attached hydrogens (primary N) is 1. The quantitative estimate of drug-likeness (QED) is 0.756. The minimum absolute atomic E-state index is 0.147. The second kappa shape index (κ2) is 5.12. The molecule has 0 saturated carbocycles. The highest BCUT2D eigenvalue weighted by molar-refractivity contribution is 5.05. The van der Waals surface area contributed by atoms with Crippen LogP contribution in [0.5, 0.6) is 0 Å². The number of aromatic nitrogens is 2. The summed E-state index contributed by atoms with van der Waals surface area (Å²) in [5, 5.41) is 4.10. The van der Waals surface area contributed by atoms with Crippen LogP contribution in [0.15, 0.2) is 12.4 Å². The average molecular weight is 197 g/mol. The van der Waals surface area contributed by atoms with Gasteiger partial charge in [-0.2, -0.15) is 5.10 Å². The molecule has 0 aliphatic rings. The lowest BCUT2D eigenvalue weighted by molar-refractivity contribution is 0.104. The lowest BCUT2D eigenvalue weighted by atomic mass is 10.0. The number of aryl methyl sites for hydroxylation is 1. The third-order valence-electron chi connectivity index (χ3n) is 2.29. The molecule has 2 atom stereocenters. The van der Waals surface area contributed by atoms with E-state index in [4.69, 9.17) is 10.5 Å². The molecular weight excluding hydrogens is 178 g/mol. The van der Waals surface area contributed by atoms with E-state index >= 15 is 0 Å². The van der Waals surface area contributed by atoms with E-state index in [9.17, 15) is 0 Å². The Morgan fingerprint density at radius 2 is 2.36 bits per heavy atom. The molecule has 1 aromatic rings. The number of hydrogen-bond acceptors (Lipinski definition) is 3. The van der Waals surface area contributed by atoms with Gasteiger partial charge in [0, 0.05) is 26.4 Å². The number of ether oxygens (including phenoxy) is 1. The lowest BCUT2D eigenvalue weighted by Crippen LogP contribution is -2.27. The van der Waals surface area contributed by atoms with Crippen molar-refractivity contribution >= 4 is 0 Å². The van der Waals surface area contributed by atoms with Crippen molar-refractivity contribution in [2.24, 2.45) is 12.8 Å². The fourth-order valence-electron chi connectivity index (χ4n) is 1.49. The van der Waals surface area contributed by atoms with Gasteiger partial charge in [0.25, 0.3) is 0 Å². The zero-order valence-electron chi connectivity index (χ0n) is 9.10. The second-order valence-electron chi connectivity index (χ2n) is 3.77. The van der Waals surface area contributed by atoms with Crippen molar-refractivity contribution in [1.29, 1.82) is 0 Å². The van der Waals surface area contributed by atoms with Crippen molar-refractivity contribution in [2.75, 3.05) is 7.11 Å². The molecule has 1 aromatic heterocycles. The minimum Gasteiger partial charge on any atom is -0.382 e. The van der Waals surface area contributed by atoms with Crippen LogP contribution in [-0.4, -0.2) is 29.0 Å². The van der Waals surface area contributed by atoms with Gasteiger partial charge in [0.1, 0.15) is 0 Å². The molecular formula is C10H19N3O. The summed E-state index contributed by atoms with van der Waals surface area (Å²) in [5.41, 5.74) is 7.16. The van der Waals surface area contributed by atoms with Gasteiger partial charge in [0.05, 0.1) is 12.3 Å². The summed E-state index contributed by atoms with van der Waals surface area (Å²) >= 11 is 0. The molecule has 0 aliphatic heterocycles.